The second-order valence-electron chi connectivity index (χ2n) is 5.53. The molecule has 12 heteroatoms. The number of rotatable bonds is 6. The molecule has 1 aliphatic heterocycles. The molecule has 1 aromatic rings. The number of carbonyl (C=O) groups excluding carboxylic acids is 2. The minimum absolute atomic E-state index is 0.123. The Balaban J connectivity index is 0.00000103. The number of carboxylic acids is 2. The van der Waals surface area contributed by atoms with Crippen molar-refractivity contribution in [2.75, 3.05) is 20.8 Å². The molecular formula is C18H19NO9S2. The predicted octanol–water partition coefficient (Wildman–Crippen LogP) is 2.01. The minimum atomic E-state index is -1.16. The van der Waals surface area contributed by atoms with Crippen LogP contribution in [0.3, 0.4) is 0 Å². The van der Waals surface area contributed by atoms with Crippen LogP contribution in [0.15, 0.2) is 17.0 Å². The highest BCUT2D eigenvalue weighted by Crippen LogP contribution is 2.40. The summed E-state index contributed by atoms with van der Waals surface area (Å²) >= 11 is 6.05. The summed E-state index contributed by atoms with van der Waals surface area (Å²) in [6.45, 7) is 1.83. The molecule has 0 saturated carbocycles. The molecule has 30 heavy (non-hydrogen) atoms. The lowest BCUT2D eigenvalue weighted by Gasteiger charge is -2.13. The van der Waals surface area contributed by atoms with Crippen LogP contribution in [0.25, 0.3) is 6.08 Å². The number of carboxylic acid groups (broad SMARTS) is 2. The van der Waals surface area contributed by atoms with E-state index in [1.54, 1.807) is 12.1 Å². The van der Waals surface area contributed by atoms with E-state index >= 15 is 0 Å². The molecule has 0 bridgehead atoms. The van der Waals surface area contributed by atoms with Crippen molar-refractivity contribution in [3.8, 4) is 17.2 Å². The van der Waals surface area contributed by atoms with Crippen LogP contribution < -0.4 is 14.2 Å². The van der Waals surface area contributed by atoms with E-state index in [2.05, 4.69) is 0 Å². The highest BCUT2D eigenvalue weighted by atomic mass is 32.2. The standard InChI is InChI=1S/C16H15NO7S2.C2H4O2/c1-8(18)24-14-10(22-2)4-9(5-11(14)23-3)6-12-15(21)17(7-13(19)20)16(25)26-12;1-2(3)4/h4-6H,7H2,1-3H3,(H,19,20);1H3,(H,3,4). The number of ether oxygens (including phenoxy) is 3. The molecule has 0 atom stereocenters. The summed E-state index contributed by atoms with van der Waals surface area (Å²) < 4.78 is 15.7. The molecule has 1 aliphatic rings. The van der Waals surface area contributed by atoms with Gasteiger partial charge in [-0.1, -0.05) is 24.0 Å². The SMILES string of the molecule is CC(=O)O.COc1cc(C=C2SC(=S)N(CC(=O)O)C2=O)cc(OC)c1OC(C)=O. The summed E-state index contributed by atoms with van der Waals surface area (Å²) in [7, 11) is 2.80. The number of thioether (sulfide) groups is 1. The average Bonchev–Trinajstić information content (AvgIpc) is 2.88. The van der Waals surface area contributed by atoms with Crippen molar-refractivity contribution in [3.63, 3.8) is 0 Å². The fourth-order valence-corrected chi connectivity index (χ4v) is 3.41. The Labute approximate surface area is 181 Å². The quantitative estimate of drug-likeness (QED) is 0.280. The molecule has 0 spiro atoms. The number of esters is 1. The molecule has 0 aliphatic carbocycles. The Kier molecular flexibility index (Phi) is 9.27. The summed E-state index contributed by atoms with van der Waals surface area (Å²) in [6, 6.07) is 3.12. The number of carbonyl (C=O) groups is 4. The van der Waals surface area contributed by atoms with Crippen molar-refractivity contribution in [3.05, 3.63) is 22.6 Å². The Morgan fingerprint density at radius 1 is 1.13 bits per heavy atom. The maximum atomic E-state index is 12.3. The van der Waals surface area contributed by atoms with Crippen LogP contribution >= 0.6 is 24.0 Å². The molecule has 1 fully saturated rings. The zero-order valence-corrected chi connectivity index (χ0v) is 18.1. The van der Waals surface area contributed by atoms with Crippen molar-refractivity contribution in [2.24, 2.45) is 0 Å². The predicted molar refractivity (Wildman–Crippen MR) is 112 cm³/mol. The summed E-state index contributed by atoms with van der Waals surface area (Å²) in [4.78, 5) is 44.7. The summed E-state index contributed by atoms with van der Waals surface area (Å²) in [6.07, 6.45) is 1.53. The molecule has 0 radical (unpaired) electrons. The Bertz CT molecular complexity index is 882. The van der Waals surface area contributed by atoms with E-state index in [9.17, 15) is 14.4 Å². The summed E-state index contributed by atoms with van der Waals surface area (Å²) in [5.41, 5.74) is 0.533. The smallest absolute Gasteiger partial charge is 0.323 e. The van der Waals surface area contributed by atoms with Gasteiger partial charge < -0.3 is 24.4 Å². The molecule has 1 amide bonds. The van der Waals surface area contributed by atoms with Crippen molar-refractivity contribution >= 4 is 58.2 Å². The number of nitrogens with zero attached hydrogens (tertiary/aromatic N) is 1. The largest absolute Gasteiger partial charge is 0.493 e. The molecule has 1 saturated heterocycles. The number of thiocarbonyl (C=S) groups is 1. The van der Waals surface area contributed by atoms with Crippen molar-refractivity contribution in [2.45, 2.75) is 13.8 Å². The van der Waals surface area contributed by atoms with Crippen LogP contribution in [0, 0.1) is 0 Å². The van der Waals surface area contributed by atoms with Gasteiger partial charge in [-0.05, 0) is 23.8 Å². The highest BCUT2D eigenvalue weighted by Gasteiger charge is 2.33. The van der Waals surface area contributed by atoms with E-state index in [1.807, 2.05) is 0 Å². The van der Waals surface area contributed by atoms with Gasteiger partial charge in [0.05, 0.1) is 19.1 Å². The molecule has 1 aromatic carbocycles. The van der Waals surface area contributed by atoms with E-state index in [4.69, 9.17) is 41.4 Å². The van der Waals surface area contributed by atoms with Gasteiger partial charge >= 0.3 is 11.9 Å². The first-order valence-corrected chi connectivity index (χ1v) is 9.33. The lowest BCUT2D eigenvalue weighted by atomic mass is 10.1. The Morgan fingerprint density at radius 2 is 1.63 bits per heavy atom. The second kappa shape index (κ2) is 11.2. The lowest BCUT2D eigenvalue weighted by molar-refractivity contribution is -0.140. The van der Waals surface area contributed by atoms with Crippen LogP contribution in [0.5, 0.6) is 17.2 Å². The maximum Gasteiger partial charge on any atom is 0.323 e. The third kappa shape index (κ3) is 7.04. The van der Waals surface area contributed by atoms with Gasteiger partial charge in [-0.2, -0.15) is 0 Å². The van der Waals surface area contributed by atoms with Crippen molar-refractivity contribution < 1.29 is 43.6 Å². The fraction of sp³-hybridized carbons (Fsp3) is 0.278. The fourth-order valence-electron chi connectivity index (χ4n) is 2.15. The van der Waals surface area contributed by atoms with Crippen LogP contribution in [0.1, 0.15) is 19.4 Å². The van der Waals surface area contributed by atoms with Gasteiger partial charge in [0.2, 0.25) is 5.75 Å². The normalized spacial score (nSPS) is 14.1. The molecular weight excluding hydrogens is 438 g/mol. The summed E-state index contributed by atoms with van der Waals surface area (Å²) in [5.74, 6) is -2.42. The average molecular weight is 457 g/mol. The van der Waals surface area contributed by atoms with Gasteiger partial charge in [-0.15, -0.1) is 0 Å². The first-order chi connectivity index (χ1) is 14.0. The van der Waals surface area contributed by atoms with E-state index in [0.717, 1.165) is 23.6 Å². The zero-order chi connectivity index (χ0) is 23.0. The number of benzene rings is 1. The minimum Gasteiger partial charge on any atom is -0.493 e. The number of aliphatic carboxylic acids is 2. The topological polar surface area (TPSA) is 140 Å². The van der Waals surface area contributed by atoms with Crippen molar-refractivity contribution in [1.29, 1.82) is 0 Å². The number of hydrogen-bond donors (Lipinski definition) is 2. The van der Waals surface area contributed by atoms with Gasteiger partial charge in [0.1, 0.15) is 10.9 Å². The highest BCUT2D eigenvalue weighted by molar-refractivity contribution is 8.26. The summed E-state index contributed by atoms with van der Waals surface area (Å²) in [5, 5.41) is 16.3. The van der Waals surface area contributed by atoms with E-state index in [1.165, 1.54) is 27.2 Å². The molecule has 2 rings (SSSR count). The van der Waals surface area contributed by atoms with Crippen LogP contribution in [0.4, 0.5) is 0 Å². The third-order valence-electron chi connectivity index (χ3n) is 3.19. The molecule has 0 unspecified atom stereocenters. The Morgan fingerprint density at radius 3 is 2.03 bits per heavy atom. The van der Waals surface area contributed by atoms with Crippen molar-refractivity contribution in [1.82, 2.24) is 4.90 Å². The molecule has 162 valence electrons. The molecule has 0 aromatic heterocycles. The monoisotopic (exact) mass is 457 g/mol. The second-order valence-corrected chi connectivity index (χ2v) is 7.20. The van der Waals surface area contributed by atoms with Gasteiger partial charge in [0.15, 0.2) is 11.5 Å². The molecule has 10 nitrogen and oxygen atoms in total. The van der Waals surface area contributed by atoms with Crippen LogP contribution in [-0.2, 0) is 19.2 Å². The van der Waals surface area contributed by atoms with Crippen LogP contribution in [0.2, 0.25) is 0 Å². The van der Waals surface area contributed by atoms with Crippen LogP contribution in [-0.4, -0.2) is 64.0 Å². The zero-order valence-electron chi connectivity index (χ0n) is 16.5. The van der Waals surface area contributed by atoms with E-state index in [-0.39, 0.29) is 26.5 Å². The first kappa shape index (κ1) is 24.9. The Hall–Kier alpha value is -3.12. The molecule has 2 N–H and O–H groups in total. The first-order valence-electron chi connectivity index (χ1n) is 8.11. The van der Waals surface area contributed by atoms with Gasteiger partial charge in [-0.25, -0.2) is 0 Å². The third-order valence-corrected chi connectivity index (χ3v) is 4.57. The van der Waals surface area contributed by atoms with E-state index in [0.29, 0.717) is 5.56 Å². The number of hydrogen-bond acceptors (Lipinski definition) is 9. The number of amides is 1. The van der Waals surface area contributed by atoms with Gasteiger partial charge in [0.25, 0.3) is 11.9 Å². The molecule has 1 heterocycles. The van der Waals surface area contributed by atoms with E-state index < -0.39 is 30.4 Å². The lowest BCUT2D eigenvalue weighted by Crippen LogP contribution is -2.33. The van der Waals surface area contributed by atoms with Gasteiger partial charge in [-0.3, -0.25) is 24.1 Å². The number of methoxy groups -OCH3 is 2. The maximum absolute atomic E-state index is 12.3. The van der Waals surface area contributed by atoms with Gasteiger partial charge in [0, 0.05) is 13.8 Å².